The van der Waals surface area contributed by atoms with Crippen molar-refractivity contribution in [2.24, 2.45) is 52.5 Å². The highest BCUT2D eigenvalue weighted by molar-refractivity contribution is 5.95. The lowest BCUT2D eigenvalue weighted by atomic mass is 9.59. The van der Waals surface area contributed by atoms with Gasteiger partial charge in [0.05, 0.1) is 11.8 Å². The summed E-state index contributed by atoms with van der Waals surface area (Å²) in [4.78, 5) is 0. The first-order chi connectivity index (χ1) is 7.38. The molecule has 80 valence electrons. The predicted molar refractivity (Wildman–Crippen MR) is 52.6 cm³/mol. The van der Waals surface area contributed by atoms with Gasteiger partial charge in [0.1, 0.15) is 0 Å². The number of fused-ring (bicyclic) bond motifs is 2. The van der Waals surface area contributed by atoms with E-state index in [9.17, 15) is 5.21 Å². The first-order valence-corrected chi connectivity index (χ1v) is 6.13. The lowest BCUT2D eigenvalue weighted by molar-refractivity contribution is -0.0368. The third-order valence-corrected chi connectivity index (χ3v) is 6.45. The summed E-state index contributed by atoms with van der Waals surface area (Å²) in [5.74, 6) is 6.20. The van der Waals surface area contributed by atoms with Gasteiger partial charge in [-0.2, -0.15) is 0 Å². The highest BCUT2D eigenvalue weighted by Crippen LogP contribution is 2.82. The van der Waals surface area contributed by atoms with E-state index in [4.69, 9.17) is 4.74 Å². The molecule has 2 bridgehead atoms. The molecule has 3 nitrogen and oxygen atoms in total. The Bertz CT molecular complexity index is 393. The van der Waals surface area contributed by atoms with Crippen molar-refractivity contribution in [1.82, 2.24) is 0 Å². The Hall–Kier alpha value is -0.570. The third kappa shape index (κ3) is 0.497. The van der Waals surface area contributed by atoms with Gasteiger partial charge < -0.3 is 9.94 Å². The van der Waals surface area contributed by atoms with Crippen molar-refractivity contribution >= 4 is 5.71 Å². The summed E-state index contributed by atoms with van der Waals surface area (Å²) < 4.78 is 5.73. The van der Waals surface area contributed by atoms with Crippen LogP contribution < -0.4 is 0 Å². The Morgan fingerprint density at radius 3 is 2.73 bits per heavy atom. The highest BCUT2D eigenvalue weighted by Gasteiger charge is 2.83. The molecule has 0 heterocycles. The van der Waals surface area contributed by atoms with Crippen LogP contribution in [0.4, 0.5) is 0 Å². The number of rotatable bonds is 1. The van der Waals surface area contributed by atoms with Crippen molar-refractivity contribution in [3.05, 3.63) is 0 Å². The van der Waals surface area contributed by atoms with Crippen LogP contribution in [0.15, 0.2) is 5.16 Å². The molecule has 0 aliphatic heterocycles. The molecule has 0 saturated heterocycles. The van der Waals surface area contributed by atoms with E-state index in [1.54, 1.807) is 0 Å². The highest BCUT2D eigenvalue weighted by atomic mass is 16.5. The SMILES string of the molecule is COC1C2C3CC4C2C(=NO)C2C4C3C12. The van der Waals surface area contributed by atoms with Gasteiger partial charge in [-0.05, 0) is 41.9 Å². The van der Waals surface area contributed by atoms with E-state index in [0.717, 1.165) is 29.4 Å². The molecular weight excluding hydrogens is 190 g/mol. The molecule has 1 N–H and O–H groups in total. The van der Waals surface area contributed by atoms with Crippen molar-refractivity contribution < 1.29 is 9.94 Å². The summed E-state index contributed by atoms with van der Waals surface area (Å²) in [5.41, 5.74) is 1.16. The molecule has 5 saturated carbocycles. The van der Waals surface area contributed by atoms with Gasteiger partial charge in [-0.25, -0.2) is 0 Å². The van der Waals surface area contributed by atoms with Crippen LogP contribution in [0.5, 0.6) is 0 Å². The molecule has 5 aliphatic carbocycles. The topological polar surface area (TPSA) is 41.8 Å². The first kappa shape index (κ1) is 7.66. The standard InChI is InChI=1S/C12H15NO2/c1-15-12-8-4-2-3-5-6(4)10(12)9(5)11(13-14)7(3)8/h3-10,12,14H,2H2,1H3. The monoisotopic (exact) mass is 205 g/mol. The summed E-state index contributed by atoms with van der Waals surface area (Å²) in [6.07, 6.45) is 1.89. The minimum absolute atomic E-state index is 0.490. The van der Waals surface area contributed by atoms with Crippen LogP contribution in [0, 0.1) is 47.3 Å². The van der Waals surface area contributed by atoms with E-state index in [1.807, 2.05) is 7.11 Å². The van der Waals surface area contributed by atoms with Gasteiger partial charge in [0.2, 0.25) is 0 Å². The molecule has 9 atom stereocenters. The minimum atomic E-state index is 0.490. The van der Waals surface area contributed by atoms with Gasteiger partial charge in [-0.1, -0.05) is 5.16 Å². The van der Waals surface area contributed by atoms with Gasteiger partial charge in [0.25, 0.3) is 0 Å². The molecule has 5 aliphatic rings. The van der Waals surface area contributed by atoms with Crippen molar-refractivity contribution in [3.8, 4) is 0 Å². The van der Waals surface area contributed by atoms with Gasteiger partial charge in [0.15, 0.2) is 0 Å². The zero-order valence-corrected chi connectivity index (χ0v) is 8.71. The lowest BCUT2D eigenvalue weighted by Crippen LogP contribution is -2.50. The van der Waals surface area contributed by atoms with Gasteiger partial charge in [-0.3, -0.25) is 0 Å². The zero-order valence-electron chi connectivity index (χ0n) is 8.71. The van der Waals surface area contributed by atoms with Gasteiger partial charge >= 0.3 is 0 Å². The van der Waals surface area contributed by atoms with Crippen molar-refractivity contribution in [2.75, 3.05) is 7.11 Å². The van der Waals surface area contributed by atoms with Crippen molar-refractivity contribution in [3.63, 3.8) is 0 Å². The molecule has 0 aromatic rings. The maximum atomic E-state index is 9.19. The maximum absolute atomic E-state index is 9.19. The Balaban J connectivity index is 1.76. The molecule has 5 fully saturated rings. The Morgan fingerprint density at radius 1 is 1.13 bits per heavy atom. The number of methoxy groups -OCH3 is 1. The van der Waals surface area contributed by atoms with Crippen LogP contribution >= 0.6 is 0 Å². The zero-order chi connectivity index (χ0) is 9.89. The molecule has 5 rings (SSSR count). The van der Waals surface area contributed by atoms with Gasteiger partial charge in [0, 0.05) is 18.9 Å². The summed E-state index contributed by atoms with van der Waals surface area (Å²) in [6.45, 7) is 0. The molecule has 0 aromatic heterocycles. The molecule has 9 unspecified atom stereocenters. The average Bonchev–Trinajstić information content (AvgIpc) is 2.73. The molecule has 3 heteroatoms. The van der Waals surface area contributed by atoms with Crippen LogP contribution in [0.3, 0.4) is 0 Å². The molecular formula is C12H15NO2. The van der Waals surface area contributed by atoms with Crippen LogP contribution in [0.1, 0.15) is 6.42 Å². The first-order valence-electron chi connectivity index (χ1n) is 6.13. The van der Waals surface area contributed by atoms with E-state index in [1.165, 1.54) is 6.42 Å². The van der Waals surface area contributed by atoms with Crippen LogP contribution in [-0.2, 0) is 4.74 Å². The smallest absolute Gasteiger partial charge is 0.0646 e. The quantitative estimate of drug-likeness (QED) is 0.516. The maximum Gasteiger partial charge on any atom is 0.0646 e. The molecule has 0 amide bonds. The Kier molecular flexibility index (Phi) is 1.01. The second kappa shape index (κ2) is 1.97. The van der Waals surface area contributed by atoms with E-state index in [2.05, 4.69) is 5.16 Å². The molecule has 0 radical (unpaired) electrons. The van der Waals surface area contributed by atoms with Crippen LogP contribution in [0.25, 0.3) is 0 Å². The lowest BCUT2D eigenvalue weighted by Gasteiger charge is -2.46. The Labute approximate surface area is 88.5 Å². The predicted octanol–water partition coefficient (Wildman–Crippen LogP) is 1.22. The number of oxime groups is 1. The second-order valence-corrected chi connectivity index (χ2v) is 6.15. The Morgan fingerprint density at radius 2 is 2.00 bits per heavy atom. The van der Waals surface area contributed by atoms with E-state index in [-0.39, 0.29) is 0 Å². The van der Waals surface area contributed by atoms with E-state index < -0.39 is 0 Å². The summed E-state index contributed by atoms with van der Waals surface area (Å²) in [5, 5.41) is 12.8. The molecule has 0 aromatic carbocycles. The summed E-state index contributed by atoms with van der Waals surface area (Å²) in [7, 11) is 1.87. The minimum Gasteiger partial charge on any atom is -0.411 e. The number of nitrogens with zero attached hydrogens (tertiary/aromatic N) is 1. The second-order valence-electron chi connectivity index (χ2n) is 6.15. The fourth-order valence-corrected chi connectivity index (χ4v) is 6.56. The largest absolute Gasteiger partial charge is 0.411 e. The van der Waals surface area contributed by atoms with E-state index >= 15 is 0 Å². The third-order valence-electron chi connectivity index (χ3n) is 6.45. The van der Waals surface area contributed by atoms with Crippen molar-refractivity contribution in [2.45, 2.75) is 12.5 Å². The number of hydrogen-bond donors (Lipinski definition) is 1. The van der Waals surface area contributed by atoms with E-state index in [0.29, 0.717) is 29.8 Å². The molecule has 0 spiro atoms. The fourth-order valence-electron chi connectivity index (χ4n) is 6.56. The normalized spacial score (nSPS) is 73.4. The average molecular weight is 205 g/mol. The fraction of sp³-hybridized carbons (Fsp3) is 0.917. The van der Waals surface area contributed by atoms with Crippen LogP contribution in [-0.4, -0.2) is 24.1 Å². The van der Waals surface area contributed by atoms with Crippen LogP contribution in [0.2, 0.25) is 0 Å². The summed E-state index contributed by atoms with van der Waals surface area (Å²) >= 11 is 0. The molecule has 15 heavy (non-hydrogen) atoms. The van der Waals surface area contributed by atoms with Crippen molar-refractivity contribution in [1.29, 1.82) is 0 Å². The van der Waals surface area contributed by atoms with Gasteiger partial charge in [-0.15, -0.1) is 0 Å². The number of ether oxygens (including phenoxy) is 1. The number of hydrogen-bond acceptors (Lipinski definition) is 3. The summed E-state index contributed by atoms with van der Waals surface area (Å²) in [6, 6.07) is 0.